The molecule has 3 aromatic rings. The molecule has 0 unspecified atom stereocenters. The highest BCUT2D eigenvalue weighted by atomic mass is 16.5. The Balaban J connectivity index is 1.67. The number of fused-ring (bicyclic) bond motifs is 1. The monoisotopic (exact) mass is 323 g/mol. The number of pyridine rings is 1. The van der Waals surface area contributed by atoms with Crippen molar-refractivity contribution in [1.82, 2.24) is 14.7 Å². The molecule has 1 N–H and O–H groups in total. The summed E-state index contributed by atoms with van der Waals surface area (Å²) in [6.07, 6.45) is 1.31. The van der Waals surface area contributed by atoms with Gasteiger partial charge in [-0.05, 0) is 31.2 Å². The molecule has 0 aliphatic heterocycles. The molecule has 0 bridgehead atoms. The third-order valence-corrected chi connectivity index (χ3v) is 3.57. The van der Waals surface area contributed by atoms with Crippen LogP contribution in [0.25, 0.3) is 5.65 Å². The molecular weight excluding hydrogens is 306 g/mol. The lowest BCUT2D eigenvalue weighted by Gasteiger charge is -2.09. The van der Waals surface area contributed by atoms with E-state index >= 15 is 0 Å². The first-order valence-electron chi connectivity index (χ1n) is 7.60. The lowest BCUT2D eigenvalue weighted by Crippen LogP contribution is -2.34. The number of hydrogen-bond donors (Lipinski definition) is 1. The standard InChI is InChI=1S/C18H17N3O3/c1-13-6-5-9-16-20-12-15(18(23)21(13)16)17(22)19-10-11-24-14-7-3-2-4-8-14/h2-9,12H,10-11H2,1H3,(H,19,22). The van der Waals surface area contributed by atoms with E-state index in [2.05, 4.69) is 10.3 Å². The van der Waals surface area contributed by atoms with E-state index in [-0.39, 0.29) is 11.1 Å². The second-order valence-corrected chi connectivity index (χ2v) is 5.26. The summed E-state index contributed by atoms with van der Waals surface area (Å²) in [5.74, 6) is 0.275. The Morgan fingerprint density at radius 3 is 2.75 bits per heavy atom. The summed E-state index contributed by atoms with van der Waals surface area (Å²) in [4.78, 5) is 28.9. The number of aromatic nitrogens is 2. The van der Waals surface area contributed by atoms with Gasteiger partial charge in [0.1, 0.15) is 23.6 Å². The van der Waals surface area contributed by atoms with Crippen molar-refractivity contribution in [3.63, 3.8) is 0 Å². The average Bonchev–Trinajstić information content (AvgIpc) is 2.60. The zero-order chi connectivity index (χ0) is 16.9. The number of ether oxygens (including phenoxy) is 1. The predicted molar refractivity (Wildman–Crippen MR) is 90.5 cm³/mol. The molecule has 0 saturated carbocycles. The molecular formula is C18H17N3O3. The number of nitrogens with zero attached hydrogens (tertiary/aromatic N) is 2. The summed E-state index contributed by atoms with van der Waals surface area (Å²) in [7, 11) is 0. The van der Waals surface area contributed by atoms with Crippen molar-refractivity contribution in [2.75, 3.05) is 13.2 Å². The molecule has 3 rings (SSSR count). The Labute approximate surface area is 138 Å². The van der Waals surface area contributed by atoms with Crippen LogP contribution >= 0.6 is 0 Å². The summed E-state index contributed by atoms with van der Waals surface area (Å²) < 4.78 is 6.92. The Kier molecular flexibility index (Phi) is 4.56. The van der Waals surface area contributed by atoms with Crippen molar-refractivity contribution < 1.29 is 9.53 Å². The number of carbonyl (C=O) groups is 1. The second kappa shape index (κ2) is 6.95. The maximum atomic E-state index is 12.5. The number of aryl methyl sites for hydroxylation is 1. The van der Waals surface area contributed by atoms with Crippen LogP contribution in [0.3, 0.4) is 0 Å². The molecule has 0 radical (unpaired) electrons. The van der Waals surface area contributed by atoms with Gasteiger partial charge in [-0.1, -0.05) is 24.3 Å². The quantitative estimate of drug-likeness (QED) is 0.727. The third-order valence-electron chi connectivity index (χ3n) is 3.57. The smallest absolute Gasteiger partial charge is 0.270 e. The minimum Gasteiger partial charge on any atom is -0.492 e. The van der Waals surface area contributed by atoms with Gasteiger partial charge in [-0.2, -0.15) is 0 Å². The van der Waals surface area contributed by atoms with E-state index in [4.69, 9.17) is 4.74 Å². The molecule has 0 atom stereocenters. The number of amides is 1. The van der Waals surface area contributed by atoms with Crippen LogP contribution in [0.2, 0.25) is 0 Å². The minimum absolute atomic E-state index is 0.0153. The highest BCUT2D eigenvalue weighted by Gasteiger charge is 2.13. The lowest BCUT2D eigenvalue weighted by molar-refractivity contribution is 0.0945. The van der Waals surface area contributed by atoms with Crippen molar-refractivity contribution in [3.05, 3.63) is 76.3 Å². The van der Waals surface area contributed by atoms with Crippen LogP contribution in [0.15, 0.2) is 59.5 Å². The Bertz CT molecular complexity index is 920. The van der Waals surface area contributed by atoms with Gasteiger partial charge in [0.2, 0.25) is 0 Å². The maximum Gasteiger partial charge on any atom is 0.270 e. The first-order chi connectivity index (χ1) is 11.7. The SMILES string of the molecule is Cc1cccc2ncc(C(=O)NCCOc3ccccc3)c(=O)n12. The van der Waals surface area contributed by atoms with E-state index in [0.717, 1.165) is 11.4 Å². The highest BCUT2D eigenvalue weighted by Crippen LogP contribution is 2.07. The van der Waals surface area contributed by atoms with Crippen LogP contribution in [-0.2, 0) is 0 Å². The molecule has 1 amide bonds. The second-order valence-electron chi connectivity index (χ2n) is 5.26. The Morgan fingerprint density at radius 2 is 1.96 bits per heavy atom. The summed E-state index contributed by atoms with van der Waals surface area (Å²) in [6.45, 7) is 2.41. The summed E-state index contributed by atoms with van der Waals surface area (Å²) in [5.41, 5.74) is 0.886. The molecule has 0 fully saturated rings. The van der Waals surface area contributed by atoms with Crippen molar-refractivity contribution >= 4 is 11.6 Å². The Morgan fingerprint density at radius 1 is 1.17 bits per heavy atom. The van der Waals surface area contributed by atoms with E-state index in [0.29, 0.717) is 18.8 Å². The van der Waals surface area contributed by atoms with Gasteiger partial charge in [-0.15, -0.1) is 0 Å². The van der Waals surface area contributed by atoms with Gasteiger partial charge >= 0.3 is 0 Å². The number of hydrogen-bond acceptors (Lipinski definition) is 4. The molecule has 0 aliphatic carbocycles. The van der Waals surface area contributed by atoms with E-state index in [9.17, 15) is 9.59 Å². The minimum atomic E-state index is -0.457. The Hall–Kier alpha value is -3.15. The highest BCUT2D eigenvalue weighted by molar-refractivity contribution is 5.93. The lowest BCUT2D eigenvalue weighted by atomic mass is 10.3. The van der Waals surface area contributed by atoms with Gasteiger partial charge in [-0.25, -0.2) is 4.98 Å². The molecule has 6 heteroatoms. The van der Waals surface area contributed by atoms with E-state index in [1.807, 2.05) is 36.4 Å². The van der Waals surface area contributed by atoms with Gasteiger partial charge in [-0.3, -0.25) is 14.0 Å². The average molecular weight is 323 g/mol. The number of benzene rings is 1. The summed E-state index contributed by atoms with van der Waals surface area (Å²) >= 11 is 0. The van der Waals surface area contributed by atoms with Gasteiger partial charge in [0, 0.05) is 11.9 Å². The molecule has 0 spiro atoms. The predicted octanol–water partition coefficient (Wildman–Crippen LogP) is 1.81. The molecule has 2 aromatic heterocycles. The van der Waals surface area contributed by atoms with Crippen LogP contribution in [0.4, 0.5) is 0 Å². The third kappa shape index (κ3) is 3.27. The van der Waals surface area contributed by atoms with E-state index < -0.39 is 5.91 Å². The van der Waals surface area contributed by atoms with Crippen molar-refractivity contribution in [2.24, 2.45) is 0 Å². The first kappa shape index (κ1) is 15.7. The summed E-state index contributed by atoms with van der Waals surface area (Å²) in [6, 6.07) is 14.7. The fourth-order valence-electron chi connectivity index (χ4n) is 2.38. The maximum absolute atomic E-state index is 12.5. The van der Waals surface area contributed by atoms with Gasteiger partial charge < -0.3 is 10.1 Å². The van der Waals surface area contributed by atoms with Crippen molar-refractivity contribution in [2.45, 2.75) is 6.92 Å². The van der Waals surface area contributed by atoms with Gasteiger partial charge in [0.25, 0.3) is 11.5 Å². The largest absolute Gasteiger partial charge is 0.492 e. The molecule has 0 aliphatic rings. The fraction of sp³-hybridized carbons (Fsp3) is 0.167. The molecule has 2 heterocycles. The number of para-hydroxylation sites is 1. The van der Waals surface area contributed by atoms with Crippen LogP contribution in [0.5, 0.6) is 5.75 Å². The van der Waals surface area contributed by atoms with Crippen LogP contribution < -0.4 is 15.6 Å². The first-order valence-corrected chi connectivity index (χ1v) is 7.60. The van der Waals surface area contributed by atoms with Crippen molar-refractivity contribution in [3.8, 4) is 5.75 Å². The fourth-order valence-corrected chi connectivity index (χ4v) is 2.38. The van der Waals surface area contributed by atoms with Gasteiger partial charge in [0.15, 0.2) is 0 Å². The molecule has 122 valence electrons. The molecule has 0 saturated heterocycles. The summed E-state index contributed by atoms with van der Waals surface area (Å²) in [5, 5.41) is 2.68. The zero-order valence-electron chi connectivity index (χ0n) is 13.2. The van der Waals surface area contributed by atoms with Crippen LogP contribution in [-0.4, -0.2) is 28.4 Å². The van der Waals surface area contributed by atoms with E-state index in [1.54, 1.807) is 19.1 Å². The topological polar surface area (TPSA) is 72.7 Å². The number of carbonyl (C=O) groups excluding carboxylic acids is 1. The zero-order valence-corrected chi connectivity index (χ0v) is 13.2. The normalized spacial score (nSPS) is 10.5. The van der Waals surface area contributed by atoms with Crippen LogP contribution in [0, 0.1) is 6.92 Å². The van der Waals surface area contributed by atoms with E-state index in [1.165, 1.54) is 10.6 Å². The number of rotatable bonds is 5. The molecule has 24 heavy (non-hydrogen) atoms. The van der Waals surface area contributed by atoms with Crippen molar-refractivity contribution in [1.29, 1.82) is 0 Å². The van der Waals surface area contributed by atoms with Crippen LogP contribution in [0.1, 0.15) is 16.1 Å². The number of nitrogens with one attached hydrogen (secondary N) is 1. The molecule has 6 nitrogen and oxygen atoms in total. The van der Waals surface area contributed by atoms with Gasteiger partial charge in [0.05, 0.1) is 6.54 Å². The molecule has 1 aromatic carbocycles.